The van der Waals surface area contributed by atoms with Crippen LogP contribution in [-0.4, -0.2) is 17.3 Å². The third kappa shape index (κ3) is 4.79. The summed E-state index contributed by atoms with van der Waals surface area (Å²) in [6.07, 6.45) is 2.59. The summed E-state index contributed by atoms with van der Waals surface area (Å²) < 4.78 is 6.31. The lowest BCUT2D eigenvalue weighted by molar-refractivity contribution is -0.120. The molecule has 6 heteroatoms. The first-order valence-electron chi connectivity index (χ1n) is 9.56. The normalized spacial score (nSPS) is 17.5. The minimum atomic E-state index is -0.232. The molecule has 0 radical (unpaired) electrons. The first-order chi connectivity index (χ1) is 13.5. The third-order valence-electron chi connectivity index (χ3n) is 5.36. The van der Waals surface area contributed by atoms with Gasteiger partial charge in [-0.05, 0) is 36.6 Å². The molecular formula is C22H25Cl2NO2S. The number of ether oxygens (including phenoxy) is 1. The zero-order valence-corrected chi connectivity index (χ0v) is 18.5. The lowest BCUT2D eigenvalue weighted by atomic mass is 9.83. The molecule has 0 fully saturated rings. The van der Waals surface area contributed by atoms with Gasteiger partial charge < -0.3 is 10.1 Å². The van der Waals surface area contributed by atoms with Gasteiger partial charge >= 0.3 is 0 Å². The number of benzene rings is 2. The number of nitrogens with one attached hydrogen (secondary N) is 1. The number of halogens is 2. The molecule has 0 bridgehead atoms. The zero-order chi connectivity index (χ0) is 20.1. The fourth-order valence-corrected chi connectivity index (χ4v) is 5.16. The molecule has 3 nitrogen and oxygen atoms in total. The van der Waals surface area contributed by atoms with Gasteiger partial charge in [-0.15, -0.1) is 11.8 Å². The minimum absolute atomic E-state index is 0.0102. The van der Waals surface area contributed by atoms with E-state index >= 15 is 0 Å². The van der Waals surface area contributed by atoms with Crippen LogP contribution in [0.2, 0.25) is 10.0 Å². The second kappa shape index (κ2) is 9.43. The van der Waals surface area contributed by atoms with Gasteiger partial charge in [0.1, 0.15) is 11.4 Å². The Morgan fingerprint density at radius 1 is 1.14 bits per heavy atom. The van der Waals surface area contributed by atoms with Crippen LogP contribution >= 0.6 is 35.0 Å². The number of hydrogen-bond acceptors (Lipinski definition) is 3. The number of carbonyl (C=O) groups excluding carboxylic acids is 1. The van der Waals surface area contributed by atoms with E-state index in [9.17, 15) is 4.79 Å². The first kappa shape index (κ1) is 21.4. The Balaban J connectivity index is 1.64. The van der Waals surface area contributed by atoms with E-state index in [1.54, 1.807) is 0 Å². The van der Waals surface area contributed by atoms with E-state index in [0.29, 0.717) is 21.6 Å². The fraction of sp³-hybridized carbons (Fsp3) is 0.409. The summed E-state index contributed by atoms with van der Waals surface area (Å²) in [6.45, 7) is 4.28. The molecule has 2 aromatic carbocycles. The maximum Gasteiger partial charge on any atom is 0.230 e. The lowest BCUT2D eigenvalue weighted by Crippen LogP contribution is -2.44. The Hall–Kier alpha value is -1.36. The van der Waals surface area contributed by atoms with Crippen molar-refractivity contribution in [1.82, 2.24) is 5.32 Å². The number of carbonyl (C=O) groups is 1. The molecule has 0 aliphatic carbocycles. The van der Waals surface area contributed by atoms with Crippen LogP contribution in [0.4, 0.5) is 0 Å². The molecule has 150 valence electrons. The summed E-state index contributed by atoms with van der Waals surface area (Å²) in [5.74, 6) is 1.84. The van der Waals surface area contributed by atoms with Crippen molar-refractivity contribution < 1.29 is 9.53 Å². The van der Waals surface area contributed by atoms with Gasteiger partial charge in [-0.2, -0.15) is 0 Å². The van der Waals surface area contributed by atoms with E-state index in [1.165, 1.54) is 11.8 Å². The maximum absolute atomic E-state index is 12.6. The van der Waals surface area contributed by atoms with Crippen molar-refractivity contribution in [1.29, 1.82) is 0 Å². The van der Waals surface area contributed by atoms with Gasteiger partial charge in [0.25, 0.3) is 0 Å². The average molecular weight is 438 g/mol. The Morgan fingerprint density at radius 3 is 2.50 bits per heavy atom. The summed E-state index contributed by atoms with van der Waals surface area (Å²) in [5, 5.41) is 4.48. The molecule has 1 N–H and O–H groups in total. The average Bonchev–Trinajstić information content (AvgIpc) is 2.70. The molecular weight excluding hydrogens is 413 g/mol. The highest BCUT2D eigenvalue weighted by molar-refractivity contribution is 7.99. The fourth-order valence-electron chi connectivity index (χ4n) is 3.58. The largest absolute Gasteiger partial charge is 0.487 e. The van der Waals surface area contributed by atoms with Crippen molar-refractivity contribution in [3.63, 3.8) is 0 Å². The summed E-state index contributed by atoms with van der Waals surface area (Å²) in [6, 6.07) is 13.4. The number of rotatable bonds is 7. The van der Waals surface area contributed by atoms with Crippen molar-refractivity contribution in [3.05, 3.63) is 63.6 Å². The quantitative estimate of drug-likeness (QED) is 0.542. The highest BCUT2D eigenvalue weighted by Gasteiger charge is 2.38. The van der Waals surface area contributed by atoms with E-state index in [0.717, 1.165) is 36.1 Å². The predicted molar refractivity (Wildman–Crippen MR) is 119 cm³/mol. The van der Waals surface area contributed by atoms with Crippen molar-refractivity contribution in [2.24, 2.45) is 0 Å². The number of fused-ring (bicyclic) bond motifs is 1. The van der Waals surface area contributed by atoms with Crippen molar-refractivity contribution in [3.8, 4) is 5.75 Å². The topological polar surface area (TPSA) is 38.3 Å². The number of para-hydroxylation sites is 1. The lowest BCUT2D eigenvalue weighted by Gasteiger charge is -2.41. The maximum atomic E-state index is 12.6. The third-order valence-corrected chi connectivity index (χ3v) is 7.03. The van der Waals surface area contributed by atoms with Crippen LogP contribution in [0.3, 0.4) is 0 Å². The smallest absolute Gasteiger partial charge is 0.230 e. The monoisotopic (exact) mass is 437 g/mol. The van der Waals surface area contributed by atoms with Crippen LogP contribution < -0.4 is 10.1 Å². The highest BCUT2D eigenvalue weighted by atomic mass is 35.5. The Kier molecular flexibility index (Phi) is 7.19. The van der Waals surface area contributed by atoms with Crippen LogP contribution in [0.25, 0.3) is 0 Å². The van der Waals surface area contributed by atoms with E-state index in [-0.39, 0.29) is 17.6 Å². The van der Waals surface area contributed by atoms with Crippen LogP contribution in [0, 0.1) is 0 Å². The van der Waals surface area contributed by atoms with E-state index in [2.05, 4.69) is 19.2 Å². The van der Waals surface area contributed by atoms with Gasteiger partial charge in [0, 0.05) is 27.8 Å². The molecule has 1 aliphatic rings. The molecule has 1 atom stereocenters. The Labute approximate surface area is 181 Å². The predicted octanol–water partition coefficient (Wildman–Crippen LogP) is 6.43. The number of hydrogen-bond donors (Lipinski definition) is 1. The van der Waals surface area contributed by atoms with Crippen molar-refractivity contribution in [2.75, 3.05) is 5.75 Å². The number of thioether (sulfide) groups is 1. The summed E-state index contributed by atoms with van der Waals surface area (Å²) in [5.41, 5.74) is 1.69. The van der Waals surface area contributed by atoms with Gasteiger partial charge in [0.2, 0.25) is 5.91 Å². The second-order valence-corrected chi connectivity index (χ2v) is 8.85. The van der Waals surface area contributed by atoms with E-state index in [4.69, 9.17) is 27.9 Å². The highest BCUT2D eigenvalue weighted by Crippen LogP contribution is 2.42. The molecule has 0 spiro atoms. The number of amides is 1. The van der Waals surface area contributed by atoms with Gasteiger partial charge in [0.05, 0.1) is 11.8 Å². The summed E-state index contributed by atoms with van der Waals surface area (Å²) in [4.78, 5) is 12.6. The van der Waals surface area contributed by atoms with Gasteiger partial charge in [-0.1, -0.05) is 61.3 Å². The molecule has 2 aromatic rings. The van der Waals surface area contributed by atoms with E-state index in [1.807, 2.05) is 42.5 Å². The summed E-state index contributed by atoms with van der Waals surface area (Å²) >= 11 is 13.9. The molecule has 0 unspecified atom stereocenters. The molecule has 0 aromatic heterocycles. The zero-order valence-electron chi connectivity index (χ0n) is 16.1. The van der Waals surface area contributed by atoms with Crippen molar-refractivity contribution >= 4 is 40.9 Å². The molecule has 1 heterocycles. The molecule has 1 amide bonds. The van der Waals surface area contributed by atoms with Gasteiger partial charge in [-0.3, -0.25) is 4.79 Å². The molecule has 1 aliphatic heterocycles. The second-order valence-electron chi connectivity index (χ2n) is 7.05. The Morgan fingerprint density at radius 2 is 1.82 bits per heavy atom. The molecule has 28 heavy (non-hydrogen) atoms. The SMILES string of the molecule is CCC1(CC)C[C@@H](NC(=O)CSCc2c(Cl)cccc2Cl)c2ccccc2O1. The van der Waals surface area contributed by atoms with Crippen LogP contribution in [0.5, 0.6) is 5.75 Å². The van der Waals surface area contributed by atoms with E-state index < -0.39 is 0 Å². The summed E-state index contributed by atoms with van der Waals surface area (Å²) in [7, 11) is 0. The van der Waals surface area contributed by atoms with Crippen LogP contribution in [0.1, 0.15) is 50.3 Å². The van der Waals surface area contributed by atoms with Gasteiger partial charge in [-0.25, -0.2) is 0 Å². The molecule has 0 saturated carbocycles. The van der Waals surface area contributed by atoms with Crippen LogP contribution in [0.15, 0.2) is 42.5 Å². The standard InChI is InChI=1S/C22H25Cl2NO2S/c1-3-22(4-2)12-19(15-8-5-6-11-20(15)27-22)25-21(26)14-28-13-16-17(23)9-7-10-18(16)24/h5-11,19H,3-4,12-14H2,1-2H3,(H,25,26)/t19-/m1/s1. The molecule has 3 rings (SSSR count). The van der Waals surface area contributed by atoms with Gasteiger partial charge in [0.15, 0.2) is 0 Å². The molecule has 0 saturated heterocycles. The van der Waals surface area contributed by atoms with Crippen molar-refractivity contribution in [2.45, 2.75) is 50.5 Å². The van der Waals surface area contributed by atoms with Crippen LogP contribution in [-0.2, 0) is 10.5 Å². The Bertz CT molecular complexity index is 819. The first-order valence-corrected chi connectivity index (χ1v) is 11.5. The minimum Gasteiger partial charge on any atom is -0.487 e.